The Labute approximate surface area is 281 Å². The van der Waals surface area contributed by atoms with Crippen molar-refractivity contribution in [2.24, 2.45) is 0 Å². The highest BCUT2D eigenvalue weighted by Crippen LogP contribution is 2.51. The van der Waals surface area contributed by atoms with E-state index in [4.69, 9.17) is 18.6 Å². The number of methoxy groups -OCH3 is 2. The molecule has 12 nitrogen and oxygen atoms in total. The van der Waals surface area contributed by atoms with Crippen molar-refractivity contribution in [1.82, 2.24) is 15.2 Å². The van der Waals surface area contributed by atoms with Gasteiger partial charge in [-0.2, -0.15) is 0 Å². The Morgan fingerprint density at radius 2 is 1.78 bits per heavy atom. The van der Waals surface area contributed by atoms with E-state index in [1.165, 1.54) is 19.1 Å². The number of aromatic nitrogens is 1. The van der Waals surface area contributed by atoms with E-state index in [9.17, 15) is 24.9 Å². The second-order valence-electron chi connectivity index (χ2n) is 12.1. The van der Waals surface area contributed by atoms with Gasteiger partial charge in [0, 0.05) is 47.2 Å². The molecule has 7 rings (SSSR count). The lowest BCUT2D eigenvalue weighted by molar-refractivity contribution is -0.118. The zero-order valence-electron chi connectivity index (χ0n) is 27.0. The number of carbonyl (C=O) groups is 2. The average Bonchev–Trinajstić information content (AvgIpc) is 3.86. The molecular weight excluding hydrogens is 630 g/mol. The Morgan fingerprint density at radius 3 is 2.53 bits per heavy atom. The number of hydrogen-bond donors (Lipinski definition) is 5. The van der Waals surface area contributed by atoms with Crippen LogP contribution in [0.4, 0.5) is 0 Å². The number of aliphatic hydroxyl groups excluding tert-OH is 3. The van der Waals surface area contributed by atoms with Crippen LogP contribution in [0.15, 0.2) is 82.8 Å². The zero-order valence-corrected chi connectivity index (χ0v) is 27.0. The van der Waals surface area contributed by atoms with Crippen molar-refractivity contribution in [3.63, 3.8) is 0 Å². The Hall–Kier alpha value is -5.30. The van der Waals surface area contributed by atoms with Gasteiger partial charge in [-0.1, -0.05) is 30.3 Å². The van der Waals surface area contributed by atoms with Gasteiger partial charge in [-0.25, -0.2) is 0 Å². The van der Waals surface area contributed by atoms with Crippen LogP contribution in [-0.2, 0) is 17.8 Å². The molecule has 2 amide bonds. The van der Waals surface area contributed by atoms with E-state index in [0.29, 0.717) is 45.8 Å². The lowest BCUT2D eigenvalue weighted by Gasteiger charge is -2.40. The fourth-order valence-electron chi connectivity index (χ4n) is 6.96. The monoisotopic (exact) mass is 667 g/mol. The molecule has 4 atom stereocenters. The molecule has 0 fully saturated rings. The standard InChI is InChI=1S/C37H37N3O9/c1-46-28-9-5-7-22-17-30(48-33(22)28)37(45)40(12-10-23-16-21-6-3-4-8-26(21)39-23)27-18-25(36(44)38-11-13-41)31-24-14-20(19-42)15-29(47-2)34(24)49-35(31)32(27)43/h3-9,14-18,27,31-32,35,39,41-43H,10-13,19H2,1-2H3,(H,38,44)/t27-,31+,32+,35+/m1/s1. The van der Waals surface area contributed by atoms with E-state index < -0.39 is 36.0 Å². The number of para-hydroxylation sites is 2. The molecule has 1 aliphatic carbocycles. The molecule has 49 heavy (non-hydrogen) atoms. The highest BCUT2D eigenvalue weighted by molar-refractivity contribution is 5.99. The summed E-state index contributed by atoms with van der Waals surface area (Å²) in [5, 5.41) is 36.0. The molecule has 5 N–H and O–H groups in total. The summed E-state index contributed by atoms with van der Waals surface area (Å²) in [6.07, 6.45) is -0.279. The van der Waals surface area contributed by atoms with Crippen molar-refractivity contribution in [3.8, 4) is 17.2 Å². The molecule has 0 spiro atoms. The minimum atomic E-state index is -1.29. The van der Waals surface area contributed by atoms with E-state index in [1.807, 2.05) is 36.4 Å². The van der Waals surface area contributed by atoms with Crippen LogP contribution in [0.2, 0.25) is 0 Å². The largest absolute Gasteiger partial charge is 0.493 e. The van der Waals surface area contributed by atoms with E-state index in [1.54, 1.807) is 36.4 Å². The van der Waals surface area contributed by atoms with Gasteiger partial charge in [0.2, 0.25) is 5.91 Å². The summed E-state index contributed by atoms with van der Waals surface area (Å²) in [6, 6.07) is 19.2. The lowest BCUT2D eigenvalue weighted by Crippen LogP contribution is -2.56. The predicted octanol–water partition coefficient (Wildman–Crippen LogP) is 3.43. The second kappa shape index (κ2) is 13.3. The third-order valence-electron chi connectivity index (χ3n) is 9.26. The Bertz CT molecular complexity index is 2030. The normalized spacial score (nSPS) is 19.6. The maximum absolute atomic E-state index is 14.5. The van der Waals surface area contributed by atoms with Gasteiger partial charge in [-0.3, -0.25) is 9.59 Å². The number of nitrogens with one attached hydrogen (secondary N) is 2. The summed E-state index contributed by atoms with van der Waals surface area (Å²) in [6.45, 7) is -0.413. The number of aromatic amines is 1. The number of benzene rings is 3. The number of carbonyl (C=O) groups excluding carboxylic acids is 2. The van der Waals surface area contributed by atoms with E-state index in [-0.39, 0.29) is 37.6 Å². The van der Waals surface area contributed by atoms with Gasteiger partial charge in [-0.15, -0.1) is 0 Å². The summed E-state index contributed by atoms with van der Waals surface area (Å²) in [4.78, 5) is 33.2. The molecule has 0 unspecified atom stereocenters. The van der Waals surface area contributed by atoms with Crippen LogP contribution < -0.4 is 19.5 Å². The number of H-pyrrole nitrogens is 1. The molecule has 0 bridgehead atoms. The molecule has 2 aromatic heterocycles. The first-order valence-corrected chi connectivity index (χ1v) is 16.1. The summed E-state index contributed by atoms with van der Waals surface area (Å²) >= 11 is 0. The lowest BCUT2D eigenvalue weighted by atomic mass is 9.77. The summed E-state index contributed by atoms with van der Waals surface area (Å²) < 4.78 is 23.5. The van der Waals surface area contributed by atoms with Gasteiger partial charge in [0.25, 0.3) is 5.91 Å². The van der Waals surface area contributed by atoms with Gasteiger partial charge >= 0.3 is 0 Å². The first-order valence-electron chi connectivity index (χ1n) is 16.1. The van der Waals surface area contributed by atoms with E-state index in [2.05, 4.69) is 10.3 Å². The average molecular weight is 668 g/mol. The van der Waals surface area contributed by atoms with Crippen molar-refractivity contribution < 1.29 is 43.5 Å². The molecule has 5 aromatic rings. The second-order valence-corrected chi connectivity index (χ2v) is 12.1. The van der Waals surface area contributed by atoms with Crippen molar-refractivity contribution >= 4 is 33.7 Å². The summed E-state index contributed by atoms with van der Waals surface area (Å²) in [5.41, 5.74) is 3.60. The molecule has 254 valence electrons. The van der Waals surface area contributed by atoms with Crippen LogP contribution in [0.3, 0.4) is 0 Å². The van der Waals surface area contributed by atoms with Crippen LogP contribution in [0, 0.1) is 0 Å². The Balaban J connectivity index is 1.32. The molecule has 3 heterocycles. The van der Waals surface area contributed by atoms with Gasteiger partial charge in [0.15, 0.2) is 28.6 Å². The maximum Gasteiger partial charge on any atom is 0.290 e. The smallest absolute Gasteiger partial charge is 0.290 e. The van der Waals surface area contributed by atoms with Crippen molar-refractivity contribution in [3.05, 3.63) is 101 Å². The predicted molar refractivity (Wildman–Crippen MR) is 180 cm³/mol. The molecule has 0 saturated carbocycles. The van der Waals surface area contributed by atoms with Crippen molar-refractivity contribution in [1.29, 1.82) is 0 Å². The van der Waals surface area contributed by atoms with Crippen LogP contribution >= 0.6 is 0 Å². The number of ether oxygens (including phenoxy) is 3. The number of hydrogen-bond acceptors (Lipinski definition) is 9. The van der Waals surface area contributed by atoms with Crippen LogP contribution in [0.5, 0.6) is 17.2 Å². The number of rotatable bonds is 11. The van der Waals surface area contributed by atoms with Gasteiger partial charge in [-0.05, 0) is 53.4 Å². The zero-order chi connectivity index (χ0) is 34.2. The van der Waals surface area contributed by atoms with E-state index in [0.717, 1.165) is 16.6 Å². The van der Waals surface area contributed by atoms with Crippen molar-refractivity contribution in [2.75, 3.05) is 33.9 Å². The van der Waals surface area contributed by atoms with Gasteiger partial charge < -0.3 is 49.1 Å². The molecule has 1 aliphatic heterocycles. The third kappa shape index (κ3) is 5.77. The van der Waals surface area contributed by atoms with Crippen LogP contribution in [0.1, 0.15) is 33.3 Å². The number of fused-ring (bicyclic) bond motifs is 5. The number of aliphatic hydroxyl groups is 3. The Morgan fingerprint density at radius 1 is 0.980 bits per heavy atom. The fraction of sp³-hybridized carbons (Fsp3) is 0.297. The maximum atomic E-state index is 14.5. The van der Waals surface area contributed by atoms with Crippen LogP contribution in [0.25, 0.3) is 21.9 Å². The van der Waals surface area contributed by atoms with Crippen molar-refractivity contribution in [2.45, 2.75) is 37.2 Å². The molecule has 0 radical (unpaired) electrons. The third-order valence-corrected chi connectivity index (χ3v) is 9.26. The molecule has 2 aliphatic rings. The molecular formula is C37H37N3O9. The molecule has 3 aromatic carbocycles. The SMILES string of the molecule is COc1cc(CO)cc2c1O[C@@H]1[C@@H](O)[C@H](N(CCc3cc4ccccc4[nH]3)C(=O)c3cc4cccc(OC)c4o3)C=C(C(=O)NCCO)[C@H]21. The Kier molecular flexibility index (Phi) is 8.76. The molecule has 0 saturated heterocycles. The quantitative estimate of drug-likeness (QED) is 0.142. The van der Waals surface area contributed by atoms with Gasteiger partial charge in [0.1, 0.15) is 12.2 Å². The first kappa shape index (κ1) is 32.3. The molecule has 12 heteroatoms. The minimum Gasteiger partial charge on any atom is -0.493 e. The number of amides is 2. The summed E-state index contributed by atoms with van der Waals surface area (Å²) in [7, 11) is 2.99. The highest BCUT2D eigenvalue weighted by Gasteiger charge is 2.51. The highest BCUT2D eigenvalue weighted by atomic mass is 16.5. The number of nitrogens with zero attached hydrogens (tertiary/aromatic N) is 1. The minimum absolute atomic E-state index is 0.00165. The van der Waals surface area contributed by atoms with Gasteiger partial charge in [0.05, 0.1) is 39.4 Å². The first-order chi connectivity index (χ1) is 23.8. The van der Waals surface area contributed by atoms with E-state index >= 15 is 0 Å². The fourth-order valence-corrected chi connectivity index (χ4v) is 6.96. The topological polar surface area (TPSA) is 167 Å². The summed E-state index contributed by atoms with van der Waals surface area (Å²) in [5.74, 6) is -0.538. The number of furan rings is 1. The van der Waals surface area contributed by atoms with Crippen LogP contribution in [-0.4, -0.2) is 89.2 Å².